The van der Waals surface area contributed by atoms with Crippen molar-refractivity contribution in [3.63, 3.8) is 0 Å². The van der Waals surface area contributed by atoms with Crippen LogP contribution in [0.5, 0.6) is 0 Å². The number of amides is 2. The van der Waals surface area contributed by atoms with Crippen molar-refractivity contribution in [2.75, 3.05) is 4.90 Å². The summed E-state index contributed by atoms with van der Waals surface area (Å²) < 4.78 is 0. The lowest BCUT2D eigenvalue weighted by molar-refractivity contribution is -0.149. The molecule has 0 aromatic heterocycles. The number of carbonyl (C=O) groups excluding carboxylic acids is 2. The van der Waals surface area contributed by atoms with Gasteiger partial charge in [0.05, 0.1) is 17.5 Å². The topological polar surface area (TPSA) is 74.7 Å². The normalized spacial score (nSPS) is 27.6. The average Bonchev–Trinajstić information content (AvgIpc) is 3.05. The molecule has 3 aromatic carbocycles. The van der Waals surface area contributed by atoms with E-state index in [0.717, 1.165) is 16.7 Å². The minimum absolute atomic E-state index is 0.316. The fourth-order valence-corrected chi connectivity index (χ4v) is 6.19. The zero-order valence-corrected chi connectivity index (χ0v) is 16.8. The summed E-state index contributed by atoms with van der Waals surface area (Å²) >= 11 is 0. The number of benzene rings is 3. The number of imide groups is 1. The molecule has 5 nitrogen and oxygen atoms in total. The first kappa shape index (κ1) is 18.1. The molecule has 4 aliphatic rings. The second kappa shape index (κ2) is 5.91. The van der Waals surface area contributed by atoms with Crippen LogP contribution in [0.4, 0.5) is 5.69 Å². The van der Waals surface area contributed by atoms with E-state index in [1.165, 1.54) is 4.90 Å². The summed E-state index contributed by atoms with van der Waals surface area (Å²) in [5.41, 5.74) is 2.65. The molecule has 152 valence electrons. The maximum absolute atomic E-state index is 13.9. The molecule has 0 radical (unpaired) electrons. The Hall–Kier alpha value is -3.73. The van der Waals surface area contributed by atoms with E-state index in [9.17, 15) is 19.5 Å². The molecule has 0 saturated carbocycles. The number of aliphatic carboxylic acids is 1. The van der Waals surface area contributed by atoms with E-state index < -0.39 is 29.1 Å². The van der Waals surface area contributed by atoms with Gasteiger partial charge in [0.15, 0.2) is 0 Å². The Morgan fingerprint density at radius 3 is 1.97 bits per heavy atom. The summed E-state index contributed by atoms with van der Waals surface area (Å²) in [6, 6.07) is 22.0. The SMILES string of the molecule is Cc1ccccc1N1C(=O)C2C3c4ccccc4C(C(=O)O)(c4ccccc43)C2C1=O. The first-order valence-electron chi connectivity index (χ1n) is 10.3. The zero-order chi connectivity index (χ0) is 21.5. The zero-order valence-electron chi connectivity index (χ0n) is 16.8. The average molecular weight is 409 g/mol. The van der Waals surface area contributed by atoms with Crippen molar-refractivity contribution >= 4 is 23.5 Å². The van der Waals surface area contributed by atoms with Crippen molar-refractivity contribution in [1.82, 2.24) is 0 Å². The third-order valence-electron chi connectivity index (χ3n) is 7.31. The molecule has 1 heterocycles. The fourth-order valence-electron chi connectivity index (χ4n) is 6.19. The van der Waals surface area contributed by atoms with Crippen molar-refractivity contribution in [3.05, 3.63) is 101 Å². The third kappa shape index (κ3) is 1.94. The van der Waals surface area contributed by atoms with Gasteiger partial charge in [-0.1, -0.05) is 66.7 Å². The summed E-state index contributed by atoms with van der Waals surface area (Å²) in [6.45, 7) is 1.85. The van der Waals surface area contributed by atoms with Gasteiger partial charge in [-0.3, -0.25) is 14.4 Å². The number of hydrogen-bond acceptors (Lipinski definition) is 3. The van der Waals surface area contributed by atoms with Crippen LogP contribution in [0.3, 0.4) is 0 Å². The third-order valence-corrected chi connectivity index (χ3v) is 7.31. The van der Waals surface area contributed by atoms with Gasteiger partial charge in [-0.05, 0) is 40.8 Å². The van der Waals surface area contributed by atoms with Crippen LogP contribution in [0.15, 0.2) is 72.8 Å². The van der Waals surface area contributed by atoms with E-state index in [2.05, 4.69) is 0 Å². The summed E-state index contributed by atoms with van der Waals surface area (Å²) in [4.78, 5) is 42.0. The van der Waals surface area contributed by atoms with Crippen LogP contribution in [0.25, 0.3) is 0 Å². The number of nitrogens with zero attached hydrogens (tertiary/aromatic N) is 1. The predicted molar refractivity (Wildman–Crippen MR) is 114 cm³/mol. The molecule has 2 amide bonds. The van der Waals surface area contributed by atoms with Gasteiger partial charge < -0.3 is 5.11 Å². The van der Waals surface area contributed by atoms with Gasteiger partial charge in [0.1, 0.15) is 5.41 Å². The lowest BCUT2D eigenvalue weighted by Gasteiger charge is -2.51. The Bertz CT molecular complexity index is 1260. The highest BCUT2D eigenvalue weighted by molar-refractivity contribution is 6.25. The van der Waals surface area contributed by atoms with Gasteiger partial charge in [-0.15, -0.1) is 0 Å². The van der Waals surface area contributed by atoms with E-state index >= 15 is 0 Å². The predicted octanol–water partition coefficient (Wildman–Crippen LogP) is 3.63. The number of para-hydroxylation sites is 1. The van der Waals surface area contributed by atoms with Crippen molar-refractivity contribution in [3.8, 4) is 0 Å². The van der Waals surface area contributed by atoms with Crippen LogP contribution in [0.1, 0.15) is 33.7 Å². The van der Waals surface area contributed by atoms with E-state index in [4.69, 9.17) is 0 Å². The van der Waals surface area contributed by atoms with Gasteiger partial charge in [0, 0.05) is 5.92 Å². The highest BCUT2D eigenvalue weighted by Crippen LogP contribution is 2.64. The maximum atomic E-state index is 13.9. The Morgan fingerprint density at radius 2 is 1.39 bits per heavy atom. The molecular formula is C26H19NO4. The molecule has 7 rings (SSSR count). The van der Waals surface area contributed by atoms with Crippen molar-refractivity contribution in [2.45, 2.75) is 18.3 Å². The Kier molecular flexibility index (Phi) is 3.45. The van der Waals surface area contributed by atoms with Crippen LogP contribution in [0.2, 0.25) is 0 Å². The molecule has 31 heavy (non-hydrogen) atoms. The van der Waals surface area contributed by atoms with E-state index in [1.807, 2.05) is 55.5 Å². The number of aryl methyl sites for hydroxylation is 1. The maximum Gasteiger partial charge on any atom is 0.319 e. The van der Waals surface area contributed by atoms with Crippen LogP contribution < -0.4 is 4.90 Å². The summed E-state index contributed by atoms with van der Waals surface area (Å²) in [6.07, 6.45) is 0. The minimum Gasteiger partial charge on any atom is -0.480 e. The highest BCUT2D eigenvalue weighted by atomic mass is 16.4. The number of anilines is 1. The number of carboxylic acids is 1. The first-order valence-corrected chi connectivity index (χ1v) is 10.3. The molecular weight excluding hydrogens is 390 g/mol. The standard InChI is InChI=1S/C26H19NO4/c1-14-8-2-7-13-19(14)27-23(28)21-20-15-9-3-5-11-17(15)26(25(30)31,22(21)24(27)29)18-12-6-4-10-16(18)20/h2-13,20-22H,1H3,(H,30,31). The number of carbonyl (C=O) groups is 3. The van der Waals surface area contributed by atoms with E-state index in [1.54, 1.807) is 24.3 Å². The van der Waals surface area contributed by atoms with Gasteiger partial charge in [0.2, 0.25) is 11.8 Å². The second-order valence-corrected chi connectivity index (χ2v) is 8.57. The monoisotopic (exact) mass is 409 g/mol. The fraction of sp³-hybridized carbons (Fsp3) is 0.192. The smallest absolute Gasteiger partial charge is 0.319 e. The summed E-state index contributed by atoms with van der Waals surface area (Å²) in [7, 11) is 0. The van der Waals surface area contributed by atoms with Gasteiger partial charge in [-0.2, -0.15) is 0 Å². The number of hydrogen-bond donors (Lipinski definition) is 1. The Balaban J connectivity index is 1.69. The molecule has 2 bridgehead atoms. The molecule has 1 saturated heterocycles. The van der Waals surface area contributed by atoms with Crippen LogP contribution in [-0.4, -0.2) is 22.9 Å². The van der Waals surface area contributed by atoms with Crippen molar-refractivity contribution < 1.29 is 19.5 Å². The molecule has 5 heteroatoms. The van der Waals surface area contributed by atoms with Crippen LogP contribution in [-0.2, 0) is 19.8 Å². The van der Waals surface area contributed by atoms with Crippen LogP contribution >= 0.6 is 0 Å². The van der Waals surface area contributed by atoms with Crippen molar-refractivity contribution in [1.29, 1.82) is 0 Å². The van der Waals surface area contributed by atoms with Gasteiger partial charge in [0.25, 0.3) is 0 Å². The van der Waals surface area contributed by atoms with E-state index in [0.29, 0.717) is 16.8 Å². The largest absolute Gasteiger partial charge is 0.480 e. The van der Waals surface area contributed by atoms with Gasteiger partial charge >= 0.3 is 5.97 Å². The molecule has 2 unspecified atom stereocenters. The molecule has 1 N–H and O–H groups in total. The summed E-state index contributed by atoms with van der Waals surface area (Å²) in [5.74, 6) is -3.90. The molecule has 3 aromatic rings. The van der Waals surface area contributed by atoms with Gasteiger partial charge in [-0.25, -0.2) is 4.90 Å². The second-order valence-electron chi connectivity index (χ2n) is 8.57. The molecule has 3 aliphatic carbocycles. The molecule has 1 fully saturated rings. The Labute approximate surface area is 178 Å². The molecule has 1 aliphatic heterocycles. The highest BCUT2D eigenvalue weighted by Gasteiger charge is 2.71. The van der Waals surface area contributed by atoms with Crippen molar-refractivity contribution in [2.24, 2.45) is 11.8 Å². The van der Waals surface area contributed by atoms with Crippen LogP contribution in [0, 0.1) is 18.8 Å². The lowest BCUT2D eigenvalue weighted by Crippen LogP contribution is -2.57. The minimum atomic E-state index is -1.59. The number of carboxylic acid groups (broad SMARTS) is 1. The lowest BCUT2D eigenvalue weighted by atomic mass is 9.47. The number of rotatable bonds is 2. The van der Waals surface area contributed by atoms with E-state index in [-0.39, 0.29) is 11.8 Å². The first-order chi connectivity index (χ1) is 15.0. The molecule has 0 spiro atoms. The summed E-state index contributed by atoms with van der Waals surface area (Å²) in [5, 5.41) is 10.7. The quantitative estimate of drug-likeness (QED) is 0.656. The molecule has 2 atom stereocenters. The Morgan fingerprint density at radius 1 is 0.839 bits per heavy atom.